The Morgan fingerprint density at radius 1 is 1.15 bits per heavy atom. The van der Waals surface area contributed by atoms with E-state index in [4.69, 9.17) is 9.47 Å². The van der Waals surface area contributed by atoms with Gasteiger partial charge in [-0.3, -0.25) is 14.6 Å². The zero-order valence-electron chi connectivity index (χ0n) is 15.6. The Labute approximate surface area is 157 Å². The van der Waals surface area contributed by atoms with Gasteiger partial charge in [-0.1, -0.05) is 4.99 Å². The third kappa shape index (κ3) is 2.74. The summed E-state index contributed by atoms with van der Waals surface area (Å²) in [6.45, 7) is 2.42. The van der Waals surface area contributed by atoms with Crippen LogP contribution in [0.15, 0.2) is 29.3 Å². The fourth-order valence-electron chi connectivity index (χ4n) is 3.55. The van der Waals surface area contributed by atoms with Crippen molar-refractivity contribution in [2.75, 3.05) is 52.4 Å². The van der Waals surface area contributed by atoms with Crippen LogP contribution in [0.5, 0.6) is 5.75 Å². The van der Waals surface area contributed by atoms with Crippen LogP contribution in [-0.2, 0) is 9.53 Å². The first-order chi connectivity index (χ1) is 13.0. The number of anilines is 1. The zero-order chi connectivity index (χ0) is 19.1. The Kier molecular flexibility index (Phi) is 4.31. The van der Waals surface area contributed by atoms with Gasteiger partial charge >= 0.3 is 12.0 Å². The van der Waals surface area contributed by atoms with Crippen molar-refractivity contribution >= 4 is 29.4 Å². The van der Waals surface area contributed by atoms with Gasteiger partial charge < -0.3 is 9.47 Å². The molecule has 142 valence electrons. The number of aliphatic imine (C=N–C) groups is 1. The van der Waals surface area contributed by atoms with Gasteiger partial charge in [-0.2, -0.15) is 0 Å². The summed E-state index contributed by atoms with van der Waals surface area (Å²) in [7, 11) is 4.79. The molecule has 1 aromatic rings. The maximum atomic E-state index is 12.6. The smallest absolute Gasteiger partial charge is 0.397 e. The topological polar surface area (TPSA) is 77.7 Å². The van der Waals surface area contributed by atoms with Gasteiger partial charge in [0, 0.05) is 21.2 Å². The van der Waals surface area contributed by atoms with Crippen LogP contribution in [-0.4, -0.2) is 91.7 Å². The van der Waals surface area contributed by atoms with Crippen LogP contribution in [0.2, 0.25) is 0 Å². The van der Waals surface area contributed by atoms with Crippen LogP contribution in [0.4, 0.5) is 10.5 Å². The van der Waals surface area contributed by atoms with Crippen LogP contribution >= 0.6 is 0 Å². The third-order valence-corrected chi connectivity index (χ3v) is 5.02. The molecule has 1 saturated heterocycles. The first kappa shape index (κ1) is 17.5. The summed E-state index contributed by atoms with van der Waals surface area (Å²) in [5, 5.41) is 0. The van der Waals surface area contributed by atoms with E-state index in [9.17, 15) is 9.59 Å². The van der Waals surface area contributed by atoms with Gasteiger partial charge in [-0.25, -0.2) is 14.3 Å². The molecule has 0 N–H and O–H groups in total. The molecule has 0 aliphatic carbocycles. The first-order valence-electron chi connectivity index (χ1n) is 8.79. The number of likely N-dealkylation sites (N-methyl/N-ethyl adjacent to an activating group) is 2. The standard InChI is InChI=1S/C18H22N5O4/c1-20-15-14(16(24)21(2)18(20)25)23-9-8-22(17(23)19-15)12-4-6-13(7-5-12)27-11-10-26-3/h4-7,14H,8-11H2,1-3H3/q+1. The number of urea groups is 1. The SMILES string of the molecule is COCCOc1ccc(N2CC[N+]3=C2N=C2C3C(=O)N(C)C(=O)N2C)cc1. The fourth-order valence-corrected chi connectivity index (χ4v) is 3.55. The molecular formula is C18H22N5O4+. The number of hydrogen-bond donors (Lipinski definition) is 0. The molecule has 1 fully saturated rings. The van der Waals surface area contributed by atoms with Crippen molar-refractivity contribution in [2.45, 2.75) is 6.04 Å². The lowest BCUT2D eigenvalue weighted by Crippen LogP contribution is -2.61. The Balaban J connectivity index is 1.58. The lowest BCUT2D eigenvalue weighted by Gasteiger charge is -2.31. The second-order valence-corrected chi connectivity index (χ2v) is 6.59. The molecule has 1 aromatic carbocycles. The van der Waals surface area contributed by atoms with Crippen LogP contribution in [0.1, 0.15) is 0 Å². The Morgan fingerprint density at radius 2 is 1.89 bits per heavy atom. The van der Waals surface area contributed by atoms with Crippen molar-refractivity contribution < 1.29 is 23.6 Å². The number of hydrogen-bond acceptors (Lipinski definition) is 6. The van der Waals surface area contributed by atoms with Crippen molar-refractivity contribution in [1.82, 2.24) is 9.80 Å². The summed E-state index contributed by atoms with van der Waals surface area (Å²) in [5.74, 6) is 1.72. The maximum absolute atomic E-state index is 12.6. The summed E-state index contributed by atoms with van der Waals surface area (Å²) in [6, 6.07) is 6.83. The Bertz CT molecular complexity index is 848. The molecular weight excluding hydrogens is 350 g/mol. The van der Waals surface area contributed by atoms with Crippen molar-refractivity contribution in [3.05, 3.63) is 24.3 Å². The molecule has 3 heterocycles. The number of amides is 3. The molecule has 3 aliphatic heterocycles. The van der Waals surface area contributed by atoms with Crippen molar-refractivity contribution in [2.24, 2.45) is 4.99 Å². The highest BCUT2D eigenvalue weighted by Gasteiger charge is 2.54. The van der Waals surface area contributed by atoms with E-state index < -0.39 is 6.04 Å². The summed E-state index contributed by atoms with van der Waals surface area (Å²) < 4.78 is 12.5. The normalized spacial score (nSPS) is 21.7. The van der Waals surface area contributed by atoms with Gasteiger partial charge in [-0.15, -0.1) is 0 Å². The molecule has 0 saturated carbocycles. The fraction of sp³-hybridized carbons (Fsp3) is 0.444. The highest BCUT2D eigenvalue weighted by Crippen LogP contribution is 2.27. The number of guanidine groups is 1. The number of carbonyl (C=O) groups excluding carboxylic acids is 2. The molecule has 4 rings (SSSR count). The van der Waals surface area contributed by atoms with Gasteiger partial charge in [-0.05, 0) is 24.3 Å². The average Bonchev–Trinajstić information content (AvgIpc) is 3.25. The van der Waals surface area contributed by atoms with Crippen molar-refractivity contribution in [3.63, 3.8) is 0 Å². The summed E-state index contributed by atoms with van der Waals surface area (Å²) in [5.41, 5.74) is 0.962. The molecule has 9 heteroatoms. The van der Waals surface area contributed by atoms with Gasteiger partial charge in [0.15, 0.2) is 0 Å². The quantitative estimate of drug-likeness (QED) is 0.545. The molecule has 0 bridgehead atoms. The predicted molar refractivity (Wildman–Crippen MR) is 98.4 cm³/mol. The minimum absolute atomic E-state index is 0.240. The highest BCUT2D eigenvalue weighted by atomic mass is 16.5. The molecule has 0 radical (unpaired) electrons. The summed E-state index contributed by atoms with van der Waals surface area (Å²) in [6.07, 6.45) is 0. The lowest BCUT2D eigenvalue weighted by atomic mass is 10.1. The lowest BCUT2D eigenvalue weighted by molar-refractivity contribution is -0.525. The van der Waals surface area contributed by atoms with Crippen molar-refractivity contribution in [1.29, 1.82) is 0 Å². The van der Waals surface area contributed by atoms with Gasteiger partial charge in [0.25, 0.3) is 5.91 Å². The largest absolute Gasteiger partial charge is 0.491 e. The number of ether oxygens (including phenoxy) is 2. The van der Waals surface area contributed by atoms with E-state index in [-0.39, 0.29) is 11.9 Å². The van der Waals surface area contributed by atoms with E-state index in [0.717, 1.165) is 22.9 Å². The number of rotatable bonds is 5. The van der Waals surface area contributed by atoms with Crippen LogP contribution in [0.25, 0.3) is 0 Å². The van der Waals surface area contributed by atoms with Crippen LogP contribution < -0.4 is 9.64 Å². The van der Waals surface area contributed by atoms with E-state index in [1.165, 1.54) is 11.9 Å². The minimum atomic E-state index is -0.533. The molecule has 1 atom stereocenters. The van der Waals surface area contributed by atoms with E-state index in [1.54, 1.807) is 14.2 Å². The molecule has 0 spiro atoms. The molecule has 0 aromatic heterocycles. The van der Waals surface area contributed by atoms with Gasteiger partial charge in [0.05, 0.1) is 13.2 Å². The Morgan fingerprint density at radius 3 is 2.59 bits per heavy atom. The number of methoxy groups -OCH3 is 1. The second kappa shape index (κ2) is 6.66. The van der Waals surface area contributed by atoms with E-state index >= 15 is 0 Å². The predicted octanol–water partition coefficient (Wildman–Crippen LogP) is 0.205. The van der Waals surface area contributed by atoms with Gasteiger partial charge in [0.2, 0.25) is 11.9 Å². The van der Waals surface area contributed by atoms with Crippen LogP contribution in [0.3, 0.4) is 0 Å². The number of carbonyl (C=O) groups is 2. The summed E-state index contributed by atoms with van der Waals surface area (Å²) >= 11 is 0. The van der Waals surface area contributed by atoms with Gasteiger partial charge in [0.1, 0.15) is 24.6 Å². The average molecular weight is 372 g/mol. The molecule has 3 amide bonds. The Hall–Kier alpha value is -2.94. The van der Waals surface area contributed by atoms with Crippen LogP contribution in [0, 0.1) is 0 Å². The summed E-state index contributed by atoms with van der Waals surface area (Å²) in [4.78, 5) is 34.1. The maximum Gasteiger partial charge on any atom is 0.397 e. The third-order valence-electron chi connectivity index (χ3n) is 5.02. The second-order valence-electron chi connectivity index (χ2n) is 6.59. The monoisotopic (exact) mass is 372 g/mol. The first-order valence-corrected chi connectivity index (χ1v) is 8.79. The zero-order valence-corrected chi connectivity index (χ0v) is 15.6. The molecule has 3 aliphatic rings. The number of benzene rings is 1. The van der Waals surface area contributed by atoms with E-state index in [0.29, 0.717) is 31.6 Å². The molecule has 9 nitrogen and oxygen atoms in total. The number of imide groups is 1. The van der Waals surface area contributed by atoms with Crippen molar-refractivity contribution in [3.8, 4) is 5.75 Å². The molecule has 1 unspecified atom stereocenters. The van der Waals surface area contributed by atoms with E-state index in [2.05, 4.69) is 9.89 Å². The number of amidine groups is 1. The number of fused-ring (bicyclic) bond motifs is 2. The van der Waals surface area contributed by atoms with E-state index in [1.807, 2.05) is 28.8 Å². The minimum Gasteiger partial charge on any atom is -0.491 e. The molecule has 27 heavy (non-hydrogen) atoms. The number of nitrogens with zero attached hydrogens (tertiary/aromatic N) is 5. The highest BCUT2D eigenvalue weighted by molar-refractivity contribution is 6.24.